The Hall–Kier alpha value is 0.977. The quantitative estimate of drug-likeness (QED) is 0.118. The number of hydrogen-bond donors (Lipinski definition) is 6. The molecule has 48 valence electrons. The van der Waals surface area contributed by atoms with Crippen LogP contribution < -0.4 is 29.6 Å². The Balaban J connectivity index is -0.0000000286. The van der Waals surface area contributed by atoms with Gasteiger partial charge in [-0.2, -0.15) is 0 Å². The van der Waals surface area contributed by atoms with Crippen LogP contribution in [0, 0.1) is 0 Å². The van der Waals surface area contributed by atoms with E-state index < -0.39 is 9.05 Å². The molecule has 0 aromatic carbocycles. The fraction of sp³-hybridized carbons (Fsp3) is 0. The molecule has 0 bridgehead atoms. The average molecular weight is 154 g/mol. The molecule has 0 heterocycles. The minimum atomic E-state index is -4.61. The van der Waals surface area contributed by atoms with Gasteiger partial charge in [-0.05, 0) is 0 Å². The van der Waals surface area contributed by atoms with E-state index in [0.29, 0.717) is 0 Å². The van der Waals surface area contributed by atoms with Crippen LogP contribution in [0.15, 0.2) is 0 Å². The summed E-state index contributed by atoms with van der Waals surface area (Å²) in [5.41, 5.74) is 0. The van der Waals surface area contributed by atoms with Crippen LogP contribution in [0.5, 0.6) is 0 Å². The maximum atomic E-state index is 7.33. The second kappa shape index (κ2) is 7.98. The minimum absolute atomic E-state index is 0. The molecule has 0 aromatic rings. The van der Waals surface area contributed by atoms with Crippen molar-refractivity contribution in [1.82, 2.24) is 0 Å². The topological polar surface area (TPSA) is 121 Å². The first kappa shape index (κ1) is 16.0. The molecular formula is H7NaO6Si. The van der Waals surface area contributed by atoms with Crippen molar-refractivity contribution in [2.24, 2.45) is 0 Å². The van der Waals surface area contributed by atoms with Crippen LogP contribution in [0.3, 0.4) is 0 Å². The Labute approximate surface area is 69.8 Å². The maximum absolute atomic E-state index is 7.33. The predicted molar refractivity (Wildman–Crippen MR) is 21.0 cm³/mol. The van der Waals surface area contributed by atoms with Crippen molar-refractivity contribution in [2.75, 3.05) is 0 Å². The molecule has 0 saturated heterocycles. The third kappa shape index (κ3) is 261. The summed E-state index contributed by atoms with van der Waals surface area (Å²) in [4.78, 5) is 29.3. The number of rotatable bonds is 0. The van der Waals surface area contributed by atoms with Crippen molar-refractivity contribution >= 4 is 9.05 Å². The van der Waals surface area contributed by atoms with E-state index in [-0.39, 0.29) is 31.0 Å². The van der Waals surface area contributed by atoms with Gasteiger partial charge in [0.15, 0.2) is 0 Å². The van der Waals surface area contributed by atoms with E-state index in [1.807, 2.05) is 0 Å². The first-order valence-electron chi connectivity index (χ1n) is 1.09. The average Bonchev–Trinajstić information content (AvgIpc) is 1.36. The minimum Gasteiger partial charge on any atom is -1.00 e. The fourth-order valence-corrected chi connectivity index (χ4v) is 0. The smallest absolute Gasteiger partial charge is 1.00 e. The molecule has 0 spiro atoms. The third-order valence-electron chi connectivity index (χ3n) is 0. The summed E-state index contributed by atoms with van der Waals surface area (Å²) in [5.74, 6) is 0. The molecule has 6 N–H and O–H groups in total. The maximum Gasteiger partial charge on any atom is 1.00 e. The van der Waals surface area contributed by atoms with Crippen LogP contribution in [-0.4, -0.2) is 38.7 Å². The van der Waals surface area contributed by atoms with Crippen molar-refractivity contribution in [1.29, 1.82) is 0 Å². The zero-order valence-corrected chi connectivity index (χ0v) is 7.18. The first-order chi connectivity index (χ1) is 3.00. The standard InChI is InChI=1S/Na.H4O4Si.H2O2.H/c;1-5(2,3)4;1-2;/h;1-4H;1-2H;/q+1;;;-1. The summed E-state index contributed by atoms with van der Waals surface area (Å²) in [5, 5.41) is 12.0. The third-order valence-corrected chi connectivity index (χ3v) is 0. The molecule has 0 amide bonds. The molecule has 8 heteroatoms. The normalized spacial score (nSPS) is 8.25. The van der Waals surface area contributed by atoms with E-state index in [1.54, 1.807) is 0 Å². The summed E-state index contributed by atoms with van der Waals surface area (Å²) < 4.78 is 0. The Bertz CT molecular complexity index is 28.5. The van der Waals surface area contributed by atoms with Crippen LogP contribution in [-0.2, 0) is 0 Å². The van der Waals surface area contributed by atoms with Crippen LogP contribution in [0.4, 0.5) is 0 Å². The zero-order valence-electron chi connectivity index (χ0n) is 5.18. The molecule has 0 fully saturated rings. The molecule has 0 aliphatic rings. The van der Waals surface area contributed by atoms with E-state index in [2.05, 4.69) is 0 Å². The molecule has 0 radical (unpaired) electrons. The molecule has 0 aliphatic heterocycles. The van der Waals surface area contributed by atoms with E-state index in [9.17, 15) is 0 Å². The molecule has 6 nitrogen and oxygen atoms in total. The Morgan fingerprint density at radius 3 is 0.875 bits per heavy atom. The van der Waals surface area contributed by atoms with Crippen molar-refractivity contribution in [3.63, 3.8) is 0 Å². The van der Waals surface area contributed by atoms with Crippen molar-refractivity contribution in [3.8, 4) is 0 Å². The summed E-state index contributed by atoms with van der Waals surface area (Å²) in [6.07, 6.45) is 0. The second-order valence-electron chi connectivity index (χ2n) is 0.600. The van der Waals surface area contributed by atoms with E-state index in [4.69, 9.17) is 29.7 Å². The van der Waals surface area contributed by atoms with Crippen molar-refractivity contribution < 1.29 is 60.7 Å². The van der Waals surface area contributed by atoms with Crippen LogP contribution in [0.1, 0.15) is 1.43 Å². The number of hydrogen-bond acceptors (Lipinski definition) is 6. The molecule has 0 aliphatic carbocycles. The molecule has 0 saturated carbocycles. The SMILES string of the molecule is OO.O[Si](O)(O)O.[H-].[Na+]. The fourth-order valence-electron chi connectivity index (χ4n) is 0. The summed E-state index contributed by atoms with van der Waals surface area (Å²) >= 11 is 0. The summed E-state index contributed by atoms with van der Waals surface area (Å²) in [7, 11) is -4.61. The van der Waals surface area contributed by atoms with Gasteiger partial charge in [0, 0.05) is 0 Å². The molecule has 8 heavy (non-hydrogen) atoms. The first-order valence-corrected chi connectivity index (χ1v) is 2.88. The summed E-state index contributed by atoms with van der Waals surface area (Å²) in [6, 6.07) is 0. The molecule has 0 aromatic heterocycles. The molecule has 0 rings (SSSR count). The van der Waals surface area contributed by atoms with E-state index in [1.165, 1.54) is 0 Å². The van der Waals surface area contributed by atoms with E-state index in [0.717, 1.165) is 0 Å². The van der Waals surface area contributed by atoms with Crippen LogP contribution in [0.2, 0.25) is 0 Å². The van der Waals surface area contributed by atoms with Crippen molar-refractivity contribution in [3.05, 3.63) is 0 Å². The van der Waals surface area contributed by atoms with Gasteiger partial charge >= 0.3 is 38.6 Å². The largest absolute Gasteiger partial charge is 1.00 e. The van der Waals surface area contributed by atoms with Crippen LogP contribution >= 0.6 is 0 Å². The Kier molecular flexibility index (Phi) is 15.9. The van der Waals surface area contributed by atoms with Gasteiger partial charge in [-0.25, -0.2) is 0 Å². The monoisotopic (exact) mass is 154 g/mol. The zero-order chi connectivity index (χ0) is 6.50. The van der Waals surface area contributed by atoms with Gasteiger partial charge in [-0.3, -0.25) is 10.5 Å². The van der Waals surface area contributed by atoms with Gasteiger partial charge in [0.1, 0.15) is 0 Å². The van der Waals surface area contributed by atoms with Gasteiger partial charge in [0.2, 0.25) is 0 Å². The van der Waals surface area contributed by atoms with Crippen molar-refractivity contribution in [2.45, 2.75) is 0 Å². The second-order valence-corrected chi connectivity index (χ2v) is 1.80. The molecule has 0 atom stereocenters. The van der Waals surface area contributed by atoms with Gasteiger partial charge in [-0.1, -0.05) is 0 Å². The Morgan fingerprint density at radius 2 is 0.875 bits per heavy atom. The predicted octanol–water partition coefficient (Wildman–Crippen LogP) is -5.47. The molecular weight excluding hydrogens is 147 g/mol. The van der Waals surface area contributed by atoms with Gasteiger partial charge in [0.25, 0.3) is 0 Å². The van der Waals surface area contributed by atoms with Gasteiger partial charge in [0.05, 0.1) is 0 Å². The Morgan fingerprint density at radius 1 is 0.875 bits per heavy atom. The van der Waals surface area contributed by atoms with Gasteiger partial charge in [-0.15, -0.1) is 0 Å². The molecule has 0 unspecified atom stereocenters. The summed E-state index contributed by atoms with van der Waals surface area (Å²) in [6.45, 7) is 0. The van der Waals surface area contributed by atoms with Gasteiger partial charge < -0.3 is 20.6 Å². The van der Waals surface area contributed by atoms with E-state index >= 15 is 0 Å². The van der Waals surface area contributed by atoms with Crippen LogP contribution in [0.25, 0.3) is 0 Å².